The maximum Gasteiger partial charge on any atom is 0.128 e. The van der Waals surface area contributed by atoms with Gasteiger partial charge in [-0.1, -0.05) is 53.6 Å². The Balaban J connectivity index is 1.79. The molecule has 1 aliphatic rings. The van der Waals surface area contributed by atoms with E-state index in [1.807, 2.05) is 0 Å². The zero-order valence-corrected chi connectivity index (χ0v) is 12.8. The van der Waals surface area contributed by atoms with Crippen LogP contribution in [0.2, 0.25) is 0 Å². The Kier molecular flexibility index (Phi) is 4.05. The average Bonchev–Trinajstić information content (AvgIpc) is 2.98. The Hall–Kier alpha value is -2.09. The largest absolute Gasteiger partial charge is 0.368 e. The van der Waals surface area contributed by atoms with E-state index in [0.717, 1.165) is 31.8 Å². The predicted molar refractivity (Wildman–Crippen MR) is 89.2 cm³/mol. The Labute approximate surface area is 126 Å². The zero-order valence-electron chi connectivity index (χ0n) is 12.8. The first kappa shape index (κ1) is 13.9. The zero-order chi connectivity index (χ0) is 14.7. The van der Waals surface area contributed by atoms with Crippen molar-refractivity contribution in [3.63, 3.8) is 0 Å². The summed E-state index contributed by atoms with van der Waals surface area (Å²) in [6, 6.07) is 15.4. The van der Waals surface area contributed by atoms with Crippen LogP contribution >= 0.6 is 0 Å². The smallest absolute Gasteiger partial charge is 0.128 e. The first-order valence-electron chi connectivity index (χ1n) is 7.66. The Bertz CT molecular complexity index is 651. The maximum absolute atomic E-state index is 4.56. The molecule has 0 unspecified atom stereocenters. The summed E-state index contributed by atoms with van der Waals surface area (Å²) >= 11 is 0. The number of nitrogens with zero attached hydrogens (tertiary/aromatic N) is 1. The molecule has 0 fully saturated rings. The highest BCUT2D eigenvalue weighted by atomic mass is 15.1. The number of aryl methyl sites for hydroxylation is 4. The van der Waals surface area contributed by atoms with Crippen LogP contribution in [0.25, 0.3) is 0 Å². The normalized spacial score (nSPS) is 13.9. The van der Waals surface area contributed by atoms with E-state index in [1.165, 1.54) is 27.8 Å². The second-order valence-electron chi connectivity index (χ2n) is 5.81. The van der Waals surface area contributed by atoms with Crippen LogP contribution in [-0.4, -0.2) is 18.9 Å². The molecule has 3 rings (SSSR count). The molecular weight excluding hydrogens is 256 g/mol. The number of hydrogen-bond donors (Lipinski definition) is 1. The van der Waals surface area contributed by atoms with E-state index in [0.29, 0.717) is 0 Å². The van der Waals surface area contributed by atoms with Crippen molar-refractivity contribution in [3.05, 3.63) is 70.3 Å². The second kappa shape index (κ2) is 6.13. The fraction of sp³-hybridized carbons (Fsp3) is 0.316. The minimum atomic E-state index is 0.890. The molecule has 2 heteroatoms. The van der Waals surface area contributed by atoms with E-state index >= 15 is 0 Å². The van der Waals surface area contributed by atoms with Gasteiger partial charge >= 0.3 is 0 Å². The topological polar surface area (TPSA) is 24.4 Å². The standard InChI is InChI=1S/C19H22N2/c1-14-11-15(2)13-16(12-14)7-8-17-5-3-4-6-18(17)19-20-9-10-21-19/h3-6,11-13H,7-10H2,1-2H3,(H,20,21). The second-order valence-corrected chi connectivity index (χ2v) is 5.81. The minimum absolute atomic E-state index is 0.890. The molecule has 0 aromatic heterocycles. The molecule has 2 aromatic carbocycles. The van der Waals surface area contributed by atoms with Crippen molar-refractivity contribution >= 4 is 5.84 Å². The third-order valence-electron chi connectivity index (χ3n) is 3.91. The highest BCUT2D eigenvalue weighted by Gasteiger charge is 2.11. The van der Waals surface area contributed by atoms with E-state index in [2.05, 4.69) is 66.6 Å². The van der Waals surface area contributed by atoms with Crippen LogP contribution in [0, 0.1) is 13.8 Å². The first-order valence-corrected chi connectivity index (χ1v) is 7.66. The van der Waals surface area contributed by atoms with Crippen LogP contribution in [0.3, 0.4) is 0 Å². The van der Waals surface area contributed by atoms with Gasteiger partial charge < -0.3 is 5.32 Å². The van der Waals surface area contributed by atoms with Crippen molar-refractivity contribution in [1.82, 2.24) is 5.32 Å². The fourth-order valence-corrected chi connectivity index (χ4v) is 3.04. The van der Waals surface area contributed by atoms with Gasteiger partial charge in [0, 0.05) is 12.1 Å². The lowest BCUT2D eigenvalue weighted by Gasteiger charge is -2.11. The first-order chi connectivity index (χ1) is 10.2. The van der Waals surface area contributed by atoms with Crippen molar-refractivity contribution in [2.24, 2.45) is 4.99 Å². The molecule has 0 aliphatic carbocycles. The summed E-state index contributed by atoms with van der Waals surface area (Å²) in [6.45, 7) is 6.19. The van der Waals surface area contributed by atoms with E-state index < -0.39 is 0 Å². The van der Waals surface area contributed by atoms with Gasteiger partial charge in [-0.3, -0.25) is 4.99 Å². The monoisotopic (exact) mass is 278 g/mol. The van der Waals surface area contributed by atoms with Gasteiger partial charge in [0.05, 0.1) is 6.54 Å². The van der Waals surface area contributed by atoms with Crippen LogP contribution in [-0.2, 0) is 12.8 Å². The molecule has 0 bridgehead atoms. The van der Waals surface area contributed by atoms with Gasteiger partial charge in [-0.05, 0) is 37.8 Å². The van der Waals surface area contributed by atoms with Gasteiger partial charge in [-0.2, -0.15) is 0 Å². The third kappa shape index (κ3) is 3.33. The van der Waals surface area contributed by atoms with Crippen molar-refractivity contribution in [2.75, 3.05) is 13.1 Å². The van der Waals surface area contributed by atoms with Crippen LogP contribution in [0.1, 0.15) is 27.8 Å². The lowest BCUT2D eigenvalue weighted by atomic mass is 9.97. The summed E-state index contributed by atoms with van der Waals surface area (Å²) in [5.74, 6) is 1.06. The third-order valence-corrected chi connectivity index (χ3v) is 3.91. The summed E-state index contributed by atoms with van der Waals surface area (Å²) in [7, 11) is 0. The van der Waals surface area contributed by atoms with Crippen LogP contribution in [0.5, 0.6) is 0 Å². The number of rotatable bonds is 4. The molecule has 2 nitrogen and oxygen atoms in total. The number of benzene rings is 2. The van der Waals surface area contributed by atoms with E-state index in [4.69, 9.17) is 0 Å². The molecular formula is C19H22N2. The van der Waals surface area contributed by atoms with Crippen LogP contribution < -0.4 is 5.32 Å². The quantitative estimate of drug-likeness (QED) is 0.910. The van der Waals surface area contributed by atoms with E-state index in [1.54, 1.807) is 0 Å². The predicted octanol–water partition coefficient (Wildman–Crippen LogP) is 3.44. The van der Waals surface area contributed by atoms with Gasteiger partial charge in [0.2, 0.25) is 0 Å². The summed E-state index contributed by atoms with van der Waals surface area (Å²) in [6.07, 6.45) is 2.13. The molecule has 0 amide bonds. The number of amidine groups is 1. The van der Waals surface area contributed by atoms with Crippen molar-refractivity contribution in [1.29, 1.82) is 0 Å². The molecule has 0 spiro atoms. The molecule has 0 saturated heterocycles. The highest BCUT2D eigenvalue weighted by Crippen LogP contribution is 2.16. The molecule has 1 heterocycles. The summed E-state index contributed by atoms with van der Waals surface area (Å²) in [4.78, 5) is 4.56. The van der Waals surface area contributed by atoms with Gasteiger partial charge in [-0.15, -0.1) is 0 Å². The number of nitrogens with one attached hydrogen (secondary N) is 1. The average molecular weight is 278 g/mol. The van der Waals surface area contributed by atoms with Crippen molar-refractivity contribution in [2.45, 2.75) is 26.7 Å². The van der Waals surface area contributed by atoms with Gasteiger partial charge in [0.25, 0.3) is 0 Å². The molecule has 21 heavy (non-hydrogen) atoms. The van der Waals surface area contributed by atoms with Crippen molar-refractivity contribution in [3.8, 4) is 0 Å². The van der Waals surface area contributed by atoms with Crippen LogP contribution in [0.15, 0.2) is 47.5 Å². The van der Waals surface area contributed by atoms with Crippen LogP contribution in [0.4, 0.5) is 0 Å². The summed E-state index contributed by atoms with van der Waals surface area (Å²) in [5, 5.41) is 3.38. The Morgan fingerprint density at radius 1 is 1.00 bits per heavy atom. The lowest BCUT2D eigenvalue weighted by molar-refractivity contribution is 0.943. The summed E-state index contributed by atoms with van der Waals surface area (Å²) < 4.78 is 0. The van der Waals surface area contributed by atoms with E-state index in [-0.39, 0.29) is 0 Å². The van der Waals surface area contributed by atoms with Gasteiger partial charge in [0.15, 0.2) is 0 Å². The molecule has 0 atom stereocenters. The number of aliphatic imine (C=N–C) groups is 1. The minimum Gasteiger partial charge on any atom is -0.368 e. The lowest BCUT2D eigenvalue weighted by Crippen LogP contribution is -2.21. The highest BCUT2D eigenvalue weighted by molar-refractivity contribution is 6.01. The molecule has 1 N–H and O–H groups in total. The van der Waals surface area contributed by atoms with Gasteiger partial charge in [-0.25, -0.2) is 0 Å². The van der Waals surface area contributed by atoms with Gasteiger partial charge in [0.1, 0.15) is 5.84 Å². The van der Waals surface area contributed by atoms with Crippen molar-refractivity contribution < 1.29 is 0 Å². The molecule has 108 valence electrons. The Morgan fingerprint density at radius 2 is 1.76 bits per heavy atom. The van der Waals surface area contributed by atoms with E-state index in [9.17, 15) is 0 Å². The molecule has 2 aromatic rings. The fourth-order valence-electron chi connectivity index (χ4n) is 3.04. The SMILES string of the molecule is Cc1cc(C)cc(CCc2ccccc2C2=NCCN2)c1. The summed E-state index contributed by atoms with van der Waals surface area (Å²) in [5.41, 5.74) is 6.76. The molecule has 0 saturated carbocycles. The molecule has 0 radical (unpaired) electrons. The number of hydrogen-bond acceptors (Lipinski definition) is 2. The Morgan fingerprint density at radius 3 is 2.48 bits per heavy atom. The molecule has 1 aliphatic heterocycles. The maximum atomic E-state index is 4.56.